The van der Waals surface area contributed by atoms with E-state index in [0.29, 0.717) is 12.0 Å². The van der Waals surface area contributed by atoms with Crippen LogP contribution in [0.3, 0.4) is 0 Å². The molecule has 1 N–H and O–H groups in total. The van der Waals surface area contributed by atoms with Crippen LogP contribution in [0.15, 0.2) is 0 Å². The third kappa shape index (κ3) is 2.96. The number of nitrogens with zero attached hydrogens (tertiary/aromatic N) is 1. The largest absolute Gasteiger partial charge is 0.361 e. The molecule has 0 radical (unpaired) electrons. The highest BCUT2D eigenvalue weighted by atomic mass is 16.5. The Balaban J connectivity index is 1.87. The molecule has 2 aliphatic heterocycles. The zero-order valence-corrected chi connectivity index (χ0v) is 11.0. The van der Waals surface area contributed by atoms with Crippen molar-refractivity contribution in [3.8, 4) is 0 Å². The first-order valence-electron chi connectivity index (χ1n) is 6.68. The van der Waals surface area contributed by atoms with Crippen LogP contribution in [-0.2, 0) is 4.74 Å². The Bertz CT molecular complexity index is 224. The van der Waals surface area contributed by atoms with E-state index >= 15 is 0 Å². The highest BCUT2D eigenvalue weighted by molar-refractivity contribution is 4.86. The molecule has 2 saturated heterocycles. The zero-order chi connectivity index (χ0) is 11.6. The second-order valence-electron chi connectivity index (χ2n) is 5.86. The van der Waals surface area contributed by atoms with Crippen molar-refractivity contribution in [2.75, 3.05) is 26.7 Å². The summed E-state index contributed by atoms with van der Waals surface area (Å²) in [7, 11) is 2.25. The van der Waals surface area contributed by atoms with Gasteiger partial charge in [-0.05, 0) is 39.3 Å². The lowest BCUT2D eigenvalue weighted by atomic mass is 9.94. The molecular formula is C13H26N2O. The van der Waals surface area contributed by atoms with E-state index in [4.69, 9.17) is 4.74 Å². The number of nitrogens with one attached hydrogen (secondary N) is 1. The summed E-state index contributed by atoms with van der Waals surface area (Å²) in [6, 6.07) is 0.694. The maximum Gasteiger partial charge on any atom is 0.117 e. The smallest absolute Gasteiger partial charge is 0.117 e. The fraction of sp³-hybridized carbons (Fsp3) is 1.00. The molecule has 3 nitrogen and oxygen atoms in total. The van der Waals surface area contributed by atoms with Gasteiger partial charge in [0.25, 0.3) is 0 Å². The van der Waals surface area contributed by atoms with Gasteiger partial charge < -0.3 is 9.64 Å². The summed E-state index contributed by atoms with van der Waals surface area (Å²) in [4.78, 5) is 2.50. The molecule has 0 bridgehead atoms. The molecule has 94 valence electrons. The summed E-state index contributed by atoms with van der Waals surface area (Å²) in [6.07, 6.45) is 5.18. The lowest BCUT2D eigenvalue weighted by molar-refractivity contribution is -0.117. The van der Waals surface area contributed by atoms with E-state index in [0.717, 1.165) is 19.6 Å². The van der Waals surface area contributed by atoms with Gasteiger partial charge in [0.1, 0.15) is 5.72 Å². The second kappa shape index (κ2) is 5.03. The lowest BCUT2D eigenvalue weighted by Crippen LogP contribution is -2.55. The Kier molecular flexibility index (Phi) is 3.88. The molecule has 0 aromatic heterocycles. The van der Waals surface area contributed by atoms with Gasteiger partial charge in [0.05, 0.1) is 6.61 Å². The van der Waals surface area contributed by atoms with E-state index < -0.39 is 0 Å². The van der Waals surface area contributed by atoms with Crippen molar-refractivity contribution >= 4 is 0 Å². The molecule has 2 aliphatic rings. The summed E-state index contributed by atoms with van der Waals surface area (Å²) < 4.78 is 5.99. The summed E-state index contributed by atoms with van der Waals surface area (Å²) >= 11 is 0. The Morgan fingerprint density at radius 3 is 2.88 bits per heavy atom. The van der Waals surface area contributed by atoms with E-state index in [2.05, 4.69) is 31.1 Å². The molecule has 16 heavy (non-hydrogen) atoms. The van der Waals surface area contributed by atoms with Crippen LogP contribution in [0.2, 0.25) is 0 Å². The number of likely N-dealkylation sites (tertiary alicyclic amines) is 1. The SMILES string of the molecule is CC1CNC(C)(CC2CCCCN2C)OC1. The molecule has 3 unspecified atom stereocenters. The molecule has 3 heteroatoms. The minimum atomic E-state index is -0.0945. The van der Waals surface area contributed by atoms with Crippen LogP contribution in [0.1, 0.15) is 39.5 Å². The van der Waals surface area contributed by atoms with Gasteiger partial charge in [-0.2, -0.15) is 0 Å². The van der Waals surface area contributed by atoms with Gasteiger partial charge in [-0.3, -0.25) is 5.32 Å². The van der Waals surface area contributed by atoms with Crippen LogP contribution in [0, 0.1) is 5.92 Å². The highest BCUT2D eigenvalue weighted by Crippen LogP contribution is 2.26. The minimum absolute atomic E-state index is 0.0945. The standard InChI is InChI=1S/C13H26N2O/c1-11-9-14-13(2,16-10-11)8-12-6-4-5-7-15(12)3/h11-12,14H,4-10H2,1-3H3. The molecule has 2 rings (SSSR count). The fourth-order valence-electron chi connectivity index (χ4n) is 2.81. The van der Waals surface area contributed by atoms with Crippen LogP contribution in [0.5, 0.6) is 0 Å². The first-order valence-corrected chi connectivity index (χ1v) is 6.68. The van der Waals surface area contributed by atoms with Gasteiger partial charge in [0, 0.05) is 19.0 Å². The van der Waals surface area contributed by atoms with Gasteiger partial charge in [-0.15, -0.1) is 0 Å². The molecule has 2 heterocycles. The van der Waals surface area contributed by atoms with Crippen LogP contribution in [-0.4, -0.2) is 43.4 Å². The van der Waals surface area contributed by atoms with Gasteiger partial charge >= 0.3 is 0 Å². The quantitative estimate of drug-likeness (QED) is 0.777. The van der Waals surface area contributed by atoms with Crippen molar-refractivity contribution in [3.63, 3.8) is 0 Å². The molecule has 2 fully saturated rings. The third-order valence-corrected chi connectivity index (χ3v) is 4.06. The Morgan fingerprint density at radius 1 is 1.44 bits per heavy atom. The molecule has 0 saturated carbocycles. The topological polar surface area (TPSA) is 24.5 Å². The lowest BCUT2D eigenvalue weighted by Gasteiger charge is -2.43. The first kappa shape index (κ1) is 12.3. The van der Waals surface area contributed by atoms with Crippen LogP contribution < -0.4 is 5.32 Å². The average Bonchev–Trinajstić information content (AvgIpc) is 2.27. The van der Waals surface area contributed by atoms with Gasteiger partial charge in [0.2, 0.25) is 0 Å². The minimum Gasteiger partial charge on any atom is -0.361 e. The molecule has 0 amide bonds. The van der Waals surface area contributed by atoms with Crippen molar-refractivity contribution in [2.24, 2.45) is 5.92 Å². The third-order valence-electron chi connectivity index (χ3n) is 4.06. The van der Waals surface area contributed by atoms with Gasteiger partial charge in [-0.1, -0.05) is 13.3 Å². The Hall–Kier alpha value is -0.120. The first-order chi connectivity index (χ1) is 7.59. The van der Waals surface area contributed by atoms with Crippen molar-refractivity contribution in [3.05, 3.63) is 0 Å². The van der Waals surface area contributed by atoms with E-state index in [1.807, 2.05) is 0 Å². The zero-order valence-electron chi connectivity index (χ0n) is 11.0. The molecular weight excluding hydrogens is 200 g/mol. The van der Waals surface area contributed by atoms with Crippen molar-refractivity contribution in [1.82, 2.24) is 10.2 Å². The molecule has 0 aromatic carbocycles. The fourth-order valence-corrected chi connectivity index (χ4v) is 2.81. The monoisotopic (exact) mass is 226 g/mol. The Labute approximate surface area is 99.5 Å². The average molecular weight is 226 g/mol. The second-order valence-corrected chi connectivity index (χ2v) is 5.86. The van der Waals surface area contributed by atoms with Crippen molar-refractivity contribution in [1.29, 1.82) is 0 Å². The van der Waals surface area contributed by atoms with E-state index in [9.17, 15) is 0 Å². The van der Waals surface area contributed by atoms with E-state index in [-0.39, 0.29) is 5.72 Å². The maximum atomic E-state index is 5.99. The summed E-state index contributed by atoms with van der Waals surface area (Å²) in [5.74, 6) is 0.650. The van der Waals surface area contributed by atoms with Crippen molar-refractivity contribution in [2.45, 2.75) is 51.3 Å². The van der Waals surface area contributed by atoms with E-state index in [1.165, 1.54) is 25.8 Å². The van der Waals surface area contributed by atoms with Crippen LogP contribution in [0.4, 0.5) is 0 Å². The van der Waals surface area contributed by atoms with Gasteiger partial charge in [-0.25, -0.2) is 0 Å². The molecule has 0 aromatic rings. The number of ether oxygens (including phenoxy) is 1. The number of piperidine rings is 1. The van der Waals surface area contributed by atoms with Crippen molar-refractivity contribution < 1.29 is 4.74 Å². The highest BCUT2D eigenvalue weighted by Gasteiger charge is 2.34. The number of hydrogen-bond donors (Lipinski definition) is 1. The number of hydrogen-bond acceptors (Lipinski definition) is 3. The number of rotatable bonds is 2. The predicted molar refractivity (Wildman–Crippen MR) is 66.4 cm³/mol. The normalized spacial score (nSPS) is 42.2. The molecule has 0 aliphatic carbocycles. The van der Waals surface area contributed by atoms with Crippen LogP contribution in [0.25, 0.3) is 0 Å². The van der Waals surface area contributed by atoms with Crippen LogP contribution >= 0.6 is 0 Å². The summed E-state index contributed by atoms with van der Waals surface area (Å²) in [5, 5.41) is 3.56. The van der Waals surface area contributed by atoms with E-state index in [1.54, 1.807) is 0 Å². The summed E-state index contributed by atoms with van der Waals surface area (Å²) in [5.41, 5.74) is -0.0945. The summed E-state index contributed by atoms with van der Waals surface area (Å²) in [6.45, 7) is 7.69. The van der Waals surface area contributed by atoms with Gasteiger partial charge in [0.15, 0.2) is 0 Å². The Morgan fingerprint density at radius 2 is 2.25 bits per heavy atom. The molecule has 3 atom stereocenters. The predicted octanol–water partition coefficient (Wildman–Crippen LogP) is 1.83. The molecule has 0 spiro atoms. The maximum absolute atomic E-state index is 5.99.